The molecule has 1 aromatic carbocycles. The van der Waals surface area contributed by atoms with Crippen LogP contribution in [-0.2, 0) is 17.9 Å². The van der Waals surface area contributed by atoms with Gasteiger partial charge in [0, 0.05) is 50.6 Å². The standard InChI is InChI=1S/C21H27N5O2/c1-3-28-20-17(6-4-12-23-20)15-25-21(22-2)24-14-16-8-10-18(11-9-16)26-13-5-7-19(26)27/h4,6,8-12H,3,5,7,13-15H2,1-2H3,(H2,22,24,25). The number of nitrogens with zero attached hydrogens (tertiary/aromatic N) is 3. The van der Waals surface area contributed by atoms with Crippen LogP contribution < -0.4 is 20.3 Å². The molecule has 0 unspecified atom stereocenters. The van der Waals surface area contributed by atoms with Crippen LogP contribution in [0.25, 0.3) is 0 Å². The molecule has 1 saturated heterocycles. The Morgan fingerprint density at radius 2 is 2.00 bits per heavy atom. The predicted octanol–water partition coefficient (Wildman–Crippen LogP) is 2.47. The van der Waals surface area contributed by atoms with Crippen molar-refractivity contribution in [2.24, 2.45) is 4.99 Å². The van der Waals surface area contributed by atoms with Gasteiger partial charge in [0.1, 0.15) is 0 Å². The largest absolute Gasteiger partial charge is 0.478 e. The van der Waals surface area contributed by atoms with E-state index >= 15 is 0 Å². The van der Waals surface area contributed by atoms with Crippen molar-refractivity contribution in [1.29, 1.82) is 0 Å². The predicted molar refractivity (Wildman–Crippen MR) is 110 cm³/mol. The molecule has 148 valence electrons. The van der Waals surface area contributed by atoms with Gasteiger partial charge in [0.15, 0.2) is 5.96 Å². The van der Waals surface area contributed by atoms with Gasteiger partial charge in [0.05, 0.1) is 6.61 Å². The molecule has 7 nitrogen and oxygen atoms in total. The third-order valence-corrected chi connectivity index (χ3v) is 4.58. The number of rotatable bonds is 7. The minimum absolute atomic E-state index is 0.206. The molecule has 1 aliphatic heterocycles. The summed E-state index contributed by atoms with van der Waals surface area (Å²) >= 11 is 0. The summed E-state index contributed by atoms with van der Waals surface area (Å²) in [5, 5.41) is 6.59. The lowest BCUT2D eigenvalue weighted by Gasteiger charge is -2.16. The number of carbonyl (C=O) groups is 1. The van der Waals surface area contributed by atoms with Gasteiger partial charge in [0.2, 0.25) is 11.8 Å². The number of anilines is 1. The third-order valence-electron chi connectivity index (χ3n) is 4.58. The first kappa shape index (κ1) is 19.7. The van der Waals surface area contributed by atoms with Gasteiger partial charge in [-0.1, -0.05) is 18.2 Å². The summed E-state index contributed by atoms with van der Waals surface area (Å²) in [6, 6.07) is 11.9. The topological polar surface area (TPSA) is 78.8 Å². The number of pyridine rings is 1. The highest BCUT2D eigenvalue weighted by molar-refractivity contribution is 5.95. The molecule has 1 aromatic heterocycles. The highest BCUT2D eigenvalue weighted by Crippen LogP contribution is 2.21. The fourth-order valence-corrected chi connectivity index (χ4v) is 3.13. The van der Waals surface area contributed by atoms with Crippen molar-refractivity contribution in [2.45, 2.75) is 32.9 Å². The number of nitrogens with one attached hydrogen (secondary N) is 2. The molecule has 0 aliphatic carbocycles. The number of aliphatic imine (C=N–C) groups is 1. The SMILES string of the molecule is CCOc1ncccc1CNC(=NC)NCc1ccc(N2CCCC2=O)cc1. The van der Waals surface area contributed by atoms with Gasteiger partial charge in [-0.05, 0) is 37.1 Å². The van der Waals surface area contributed by atoms with Crippen molar-refractivity contribution in [3.05, 3.63) is 53.7 Å². The van der Waals surface area contributed by atoms with Gasteiger partial charge in [-0.3, -0.25) is 9.79 Å². The number of guanidine groups is 1. The minimum atomic E-state index is 0.206. The second kappa shape index (κ2) is 9.73. The minimum Gasteiger partial charge on any atom is -0.478 e. The molecular weight excluding hydrogens is 354 g/mol. The number of amides is 1. The first-order chi connectivity index (χ1) is 13.7. The van der Waals surface area contributed by atoms with E-state index in [4.69, 9.17) is 4.74 Å². The van der Waals surface area contributed by atoms with Gasteiger partial charge in [0.25, 0.3) is 0 Å². The number of aromatic nitrogens is 1. The smallest absolute Gasteiger partial charge is 0.227 e. The number of carbonyl (C=O) groups excluding carboxylic acids is 1. The van der Waals surface area contributed by atoms with E-state index in [9.17, 15) is 4.79 Å². The summed E-state index contributed by atoms with van der Waals surface area (Å²) in [7, 11) is 1.74. The fourth-order valence-electron chi connectivity index (χ4n) is 3.13. The van der Waals surface area contributed by atoms with Crippen LogP contribution in [0.1, 0.15) is 30.9 Å². The maximum absolute atomic E-state index is 11.8. The lowest BCUT2D eigenvalue weighted by atomic mass is 10.2. The summed E-state index contributed by atoms with van der Waals surface area (Å²) in [5.41, 5.74) is 3.07. The summed E-state index contributed by atoms with van der Waals surface area (Å²) in [5.74, 6) is 1.54. The lowest BCUT2D eigenvalue weighted by Crippen LogP contribution is -2.36. The van der Waals surface area contributed by atoms with Crippen LogP contribution in [0.2, 0.25) is 0 Å². The van der Waals surface area contributed by atoms with Crippen LogP contribution in [-0.4, -0.2) is 37.1 Å². The first-order valence-electron chi connectivity index (χ1n) is 9.61. The van der Waals surface area contributed by atoms with Gasteiger partial charge >= 0.3 is 0 Å². The Morgan fingerprint density at radius 3 is 2.68 bits per heavy atom. The number of ether oxygens (including phenoxy) is 1. The Bertz CT molecular complexity index is 820. The van der Waals surface area contributed by atoms with E-state index in [1.54, 1.807) is 13.2 Å². The molecule has 2 heterocycles. The summed E-state index contributed by atoms with van der Waals surface area (Å²) in [6.07, 6.45) is 3.31. The zero-order valence-corrected chi connectivity index (χ0v) is 16.4. The van der Waals surface area contributed by atoms with Crippen molar-refractivity contribution in [1.82, 2.24) is 15.6 Å². The van der Waals surface area contributed by atoms with Crippen LogP contribution >= 0.6 is 0 Å². The van der Waals surface area contributed by atoms with Crippen LogP contribution in [0.15, 0.2) is 47.6 Å². The number of benzene rings is 1. The van der Waals surface area contributed by atoms with Crippen molar-refractivity contribution in [3.63, 3.8) is 0 Å². The molecule has 0 atom stereocenters. The second-order valence-corrected chi connectivity index (χ2v) is 6.50. The number of hydrogen-bond acceptors (Lipinski definition) is 4. The molecular formula is C21H27N5O2. The Kier molecular flexibility index (Phi) is 6.84. The van der Waals surface area contributed by atoms with E-state index in [2.05, 4.69) is 20.6 Å². The molecule has 2 aromatic rings. The molecule has 28 heavy (non-hydrogen) atoms. The van der Waals surface area contributed by atoms with Crippen molar-refractivity contribution < 1.29 is 9.53 Å². The van der Waals surface area contributed by atoms with Gasteiger partial charge in [-0.2, -0.15) is 0 Å². The first-order valence-corrected chi connectivity index (χ1v) is 9.61. The highest BCUT2D eigenvalue weighted by atomic mass is 16.5. The molecule has 0 saturated carbocycles. The molecule has 1 fully saturated rings. The van der Waals surface area contributed by atoms with Crippen LogP contribution in [0.5, 0.6) is 5.88 Å². The average molecular weight is 381 g/mol. The van der Waals surface area contributed by atoms with Crippen LogP contribution in [0, 0.1) is 0 Å². The van der Waals surface area contributed by atoms with Gasteiger partial charge < -0.3 is 20.3 Å². The van der Waals surface area contributed by atoms with E-state index < -0.39 is 0 Å². The van der Waals surface area contributed by atoms with E-state index in [-0.39, 0.29) is 5.91 Å². The van der Waals surface area contributed by atoms with Crippen LogP contribution in [0.4, 0.5) is 5.69 Å². The summed E-state index contributed by atoms with van der Waals surface area (Å²) < 4.78 is 5.55. The molecule has 7 heteroatoms. The monoisotopic (exact) mass is 381 g/mol. The fraction of sp³-hybridized carbons (Fsp3) is 0.381. The van der Waals surface area contributed by atoms with Crippen molar-refractivity contribution in [3.8, 4) is 5.88 Å². The molecule has 0 spiro atoms. The molecule has 1 amide bonds. The lowest BCUT2D eigenvalue weighted by molar-refractivity contribution is -0.117. The molecule has 0 bridgehead atoms. The Hall–Kier alpha value is -3.09. The van der Waals surface area contributed by atoms with Crippen molar-refractivity contribution in [2.75, 3.05) is 25.1 Å². The number of hydrogen-bond donors (Lipinski definition) is 2. The zero-order chi connectivity index (χ0) is 19.8. The highest BCUT2D eigenvalue weighted by Gasteiger charge is 2.21. The summed E-state index contributed by atoms with van der Waals surface area (Å²) in [6.45, 7) is 4.54. The Morgan fingerprint density at radius 1 is 1.21 bits per heavy atom. The normalized spacial score (nSPS) is 14.3. The quantitative estimate of drug-likeness (QED) is 0.569. The van der Waals surface area contributed by atoms with E-state index in [0.717, 1.165) is 29.8 Å². The maximum atomic E-state index is 11.8. The maximum Gasteiger partial charge on any atom is 0.227 e. The van der Waals surface area contributed by atoms with E-state index in [0.29, 0.717) is 38.0 Å². The van der Waals surface area contributed by atoms with Crippen molar-refractivity contribution >= 4 is 17.6 Å². The Labute approximate surface area is 165 Å². The second-order valence-electron chi connectivity index (χ2n) is 6.50. The van der Waals surface area contributed by atoms with Gasteiger partial charge in [-0.15, -0.1) is 0 Å². The Balaban J connectivity index is 1.52. The van der Waals surface area contributed by atoms with Crippen LogP contribution in [0.3, 0.4) is 0 Å². The summed E-state index contributed by atoms with van der Waals surface area (Å²) in [4.78, 5) is 22.2. The zero-order valence-electron chi connectivity index (χ0n) is 16.4. The third kappa shape index (κ3) is 5.00. The average Bonchev–Trinajstić information content (AvgIpc) is 3.16. The molecule has 3 rings (SSSR count). The van der Waals surface area contributed by atoms with Gasteiger partial charge in [-0.25, -0.2) is 4.98 Å². The van der Waals surface area contributed by atoms with E-state index in [1.807, 2.05) is 48.2 Å². The molecule has 1 aliphatic rings. The van der Waals surface area contributed by atoms with E-state index in [1.165, 1.54) is 0 Å². The molecule has 0 radical (unpaired) electrons. The molecule has 2 N–H and O–H groups in total.